The summed E-state index contributed by atoms with van der Waals surface area (Å²) in [5.74, 6) is -2.06. The molecule has 0 bridgehead atoms. The van der Waals surface area contributed by atoms with Crippen molar-refractivity contribution >= 4 is 17.8 Å². The van der Waals surface area contributed by atoms with E-state index in [0.717, 1.165) is 12.1 Å². The Balaban J connectivity index is 2.25. The van der Waals surface area contributed by atoms with E-state index in [9.17, 15) is 27.6 Å². The lowest BCUT2D eigenvalue weighted by Gasteiger charge is -2.22. The number of rotatable bonds is 4. The van der Waals surface area contributed by atoms with E-state index < -0.39 is 42.0 Å². The van der Waals surface area contributed by atoms with E-state index in [4.69, 9.17) is 5.73 Å². The van der Waals surface area contributed by atoms with Crippen LogP contribution < -0.4 is 15.8 Å². The van der Waals surface area contributed by atoms with Crippen LogP contribution in [0.1, 0.15) is 12.5 Å². The molecule has 1 fully saturated rings. The summed E-state index contributed by atoms with van der Waals surface area (Å²) >= 11 is 0. The molecule has 1 aliphatic heterocycles. The number of carbonyl (C=O) groups excluding carboxylic acids is 3. The van der Waals surface area contributed by atoms with Gasteiger partial charge in [0.2, 0.25) is 5.91 Å². The topological polar surface area (TPSA) is 102 Å². The highest BCUT2D eigenvalue weighted by Crippen LogP contribution is 2.31. The molecule has 0 aliphatic carbocycles. The Kier molecular flexibility index (Phi) is 3.93. The lowest BCUT2D eigenvalue weighted by Crippen LogP contribution is -2.42. The Morgan fingerprint density at radius 2 is 1.87 bits per heavy atom. The molecular weight excluding hydrogens is 319 g/mol. The normalized spacial score (nSPS) is 21.3. The summed E-state index contributed by atoms with van der Waals surface area (Å²) in [5.41, 5.74) is 3.69. The molecule has 3 N–H and O–H groups in total. The molecule has 0 saturated carbocycles. The minimum Gasteiger partial charge on any atom is -0.406 e. The standard InChI is InChI=1S/C13H12F3N3O4/c1-12(10(21)19(6-9(17)20)11(22)18-12)7-2-4-8(5-3-7)23-13(14,15)16/h2-5H,6H2,1H3,(H2,17,20)(H,18,22)/t12-/m0/s1. The summed E-state index contributed by atoms with van der Waals surface area (Å²) in [7, 11) is 0. The highest BCUT2D eigenvalue weighted by atomic mass is 19.4. The molecule has 1 saturated heterocycles. The first-order chi connectivity index (χ1) is 10.5. The maximum absolute atomic E-state index is 12.3. The number of hydrogen-bond donors (Lipinski definition) is 2. The summed E-state index contributed by atoms with van der Waals surface area (Å²) in [6, 6.07) is 3.65. The fourth-order valence-corrected chi connectivity index (χ4v) is 2.18. The Morgan fingerprint density at radius 1 is 1.30 bits per heavy atom. The SMILES string of the molecule is C[C@@]1(c2ccc(OC(F)(F)F)cc2)NC(=O)N(CC(N)=O)C1=O. The van der Waals surface area contributed by atoms with Crippen LogP contribution in [0.2, 0.25) is 0 Å². The van der Waals surface area contributed by atoms with Crippen molar-refractivity contribution in [1.29, 1.82) is 0 Å². The summed E-state index contributed by atoms with van der Waals surface area (Å²) in [4.78, 5) is 35.6. The van der Waals surface area contributed by atoms with Crippen molar-refractivity contribution < 1.29 is 32.3 Å². The maximum atomic E-state index is 12.3. The van der Waals surface area contributed by atoms with Crippen LogP contribution in [-0.4, -0.2) is 35.7 Å². The second-order valence-electron chi connectivity index (χ2n) is 4.98. The molecule has 124 valence electrons. The van der Waals surface area contributed by atoms with Crippen LogP contribution in [0.4, 0.5) is 18.0 Å². The lowest BCUT2D eigenvalue weighted by atomic mass is 9.92. The molecule has 0 spiro atoms. The van der Waals surface area contributed by atoms with Gasteiger partial charge in [-0.25, -0.2) is 4.79 Å². The molecule has 0 radical (unpaired) electrons. The zero-order chi connectivity index (χ0) is 17.4. The second kappa shape index (κ2) is 5.45. The molecule has 1 aromatic carbocycles. The molecule has 4 amide bonds. The van der Waals surface area contributed by atoms with Gasteiger partial charge < -0.3 is 15.8 Å². The van der Waals surface area contributed by atoms with Crippen molar-refractivity contribution in [2.45, 2.75) is 18.8 Å². The number of benzene rings is 1. The van der Waals surface area contributed by atoms with Crippen LogP contribution in [0.3, 0.4) is 0 Å². The molecule has 1 atom stereocenters. The summed E-state index contributed by atoms with van der Waals surface area (Å²) < 4.78 is 40.1. The molecule has 2 rings (SSSR count). The highest BCUT2D eigenvalue weighted by molar-refractivity contribution is 6.09. The summed E-state index contributed by atoms with van der Waals surface area (Å²) in [5, 5.41) is 2.39. The first-order valence-electron chi connectivity index (χ1n) is 6.31. The van der Waals surface area contributed by atoms with Gasteiger partial charge in [-0.1, -0.05) is 12.1 Å². The number of alkyl halides is 3. The first kappa shape index (κ1) is 16.6. The molecule has 10 heteroatoms. The molecule has 1 heterocycles. The third-order valence-electron chi connectivity index (χ3n) is 3.25. The van der Waals surface area contributed by atoms with Gasteiger partial charge >= 0.3 is 12.4 Å². The van der Waals surface area contributed by atoms with Gasteiger partial charge in [-0.15, -0.1) is 13.2 Å². The second-order valence-corrected chi connectivity index (χ2v) is 4.98. The van der Waals surface area contributed by atoms with Gasteiger partial charge in [-0.05, 0) is 24.6 Å². The number of imide groups is 1. The van der Waals surface area contributed by atoms with E-state index in [1.165, 1.54) is 19.1 Å². The first-order valence-corrected chi connectivity index (χ1v) is 6.31. The predicted molar refractivity (Wildman–Crippen MR) is 69.9 cm³/mol. The lowest BCUT2D eigenvalue weighted by molar-refractivity contribution is -0.274. The molecule has 23 heavy (non-hydrogen) atoms. The third kappa shape index (κ3) is 3.35. The number of primary amides is 1. The van der Waals surface area contributed by atoms with Gasteiger partial charge in [-0.3, -0.25) is 14.5 Å². The summed E-state index contributed by atoms with van der Waals surface area (Å²) in [6.07, 6.45) is -4.83. The number of nitrogens with one attached hydrogen (secondary N) is 1. The number of urea groups is 1. The Bertz CT molecular complexity index is 659. The fraction of sp³-hybridized carbons (Fsp3) is 0.308. The summed E-state index contributed by atoms with van der Waals surface area (Å²) in [6.45, 7) is 0.781. The number of hydrogen-bond acceptors (Lipinski definition) is 4. The average Bonchev–Trinajstić information content (AvgIpc) is 2.62. The van der Waals surface area contributed by atoms with Crippen LogP contribution >= 0.6 is 0 Å². The van der Waals surface area contributed by atoms with Crippen molar-refractivity contribution in [3.63, 3.8) is 0 Å². The maximum Gasteiger partial charge on any atom is 0.573 e. The van der Waals surface area contributed by atoms with Crippen LogP contribution in [0.5, 0.6) is 5.75 Å². The van der Waals surface area contributed by atoms with E-state index in [1.54, 1.807) is 0 Å². The molecule has 1 aromatic rings. The van der Waals surface area contributed by atoms with E-state index in [0.29, 0.717) is 4.90 Å². The van der Waals surface area contributed by atoms with Gasteiger partial charge in [0.1, 0.15) is 17.8 Å². The van der Waals surface area contributed by atoms with Crippen molar-refractivity contribution in [2.75, 3.05) is 6.54 Å². The zero-order valence-corrected chi connectivity index (χ0v) is 11.8. The number of amides is 4. The van der Waals surface area contributed by atoms with Gasteiger partial charge in [0.05, 0.1) is 0 Å². The molecule has 0 unspecified atom stereocenters. The number of halogens is 3. The van der Waals surface area contributed by atoms with Crippen LogP contribution in [0.15, 0.2) is 24.3 Å². The quantitative estimate of drug-likeness (QED) is 0.798. The van der Waals surface area contributed by atoms with Gasteiger partial charge in [0, 0.05) is 0 Å². The Labute approximate surface area is 128 Å². The minimum absolute atomic E-state index is 0.234. The fourth-order valence-electron chi connectivity index (χ4n) is 2.18. The van der Waals surface area contributed by atoms with Crippen LogP contribution in [0, 0.1) is 0 Å². The van der Waals surface area contributed by atoms with E-state index in [1.807, 2.05) is 0 Å². The van der Waals surface area contributed by atoms with E-state index in [-0.39, 0.29) is 5.56 Å². The molecular formula is C13H12F3N3O4. The number of ether oxygens (including phenoxy) is 1. The van der Waals surface area contributed by atoms with Crippen molar-refractivity contribution in [1.82, 2.24) is 10.2 Å². The van der Waals surface area contributed by atoms with E-state index >= 15 is 0 Å². The third-order valence-corrected chi connectivity index (χ3v) is 3.25. The minimum atomic E-state index is -4.83. The largest absolute Gasteiger partial charge is 0.573 e. The Hall–Kier alpha value is -2.78. The number of carbonyl (C=O) groups is 3. The zero-order valence-electron chi connectivity index (χ0n) is 11.8. The molecule has 1 aliphatic rings. The highest BCUT2D eigenvalue weighted by Gasteiger charge is 2.49. The van der Waals surface area contributed by atoms with Crippen molar-refractivity contribution in [2.24, 2.45) is 5.73 Å². The monoisotopic (exact) mass is 331 g/mol. The van der Waals surface area contributed by atoms with Crippen molar-refractivity contribution in [3.05, 3.63) is 29.8 Å². The molecule has 7 nitrogen and oxygen atoms in total. The predicted octanol–water partition coefficient (Wildman–Crippen LogP) is 0.837. The molecule has 0 aromatic heterocycles. The van der Waals surface area contributed by atoms with E-state index in [2.05, 4.69) is 10.1 Å². The van der Waals surface area contributed by atoms with Crippen molar-refractivity contribution in [3.8, 4) is 5.75 Å². The average molecular weight is 331 g/mol. The van der Waals surface area contributed by atoms with Crippen LogP contribution in [0.25, 0.3) is 0 Å². The smallest absolute Gasteiger partial charge is 0.406 e. The van der Waals surface area contributed by atoms with Gasteiger partial charge in [-0.2, -0.15) is 0 Å². The number of nitrogens with zero attached hydrogens (tertiary/aromatic N) is 1. The van der Waals surface area contributed by atoms with Gasteiger partial charge in [0.15, 0.2) is 0 Å². The Morgan fingerprint density at radius 3 is 2.35 bits per heavy atom. The number of nitrogens with two attached hydrogens (primary N) is 1. The van der Waals surface area contributed by atoms with Gasteiger partial charge in [0.25, 0.3) is 5.91 Å². The van der Waals surface area contributed by atoms with Crippen LogP contribution in [-0.2, 0) is 15.1 Å².